The summed E-state index contributed by atoms with van der Waals surface area (Å²) < 4.78 is 35.2. The van der Waals surface area contributed by atoms with Gasteiger partial charge in [-0.3, -0.25) is 9.59 Å². The molecule has 0 amide bonds. The van der Waals surface area contributed by atoms with Crippen LogP contribution in [-0.2, 0) is 35.5 Å². The Morgan fingerprint density at radius 2 is 1.78 bits per heavy atom. The zero-order chi connectivity index (χ0) is 20.4. The lowest BCUT2D eigenvalue weighted by Crippen LogP contribution is -2.27. The van der Waals surface area contributed by atoms with Crippen LogP contribution in [0.1, 0.15) is 39.7 Å². The first-order valence-electron chi connectivity index (χ1n) is 8.86. The highest BCUT2D eigenvalue weighted by atomic mass is 32.2. The van der Waals surface area contributed by atoms with Gasteiger partial charge in [0.2, 0.25) is 0 Å². The Morgan fingerprint density at radius 1 is 1.15 bits per heavy atom. The molecule has 0 saturated heterocycles. The third-order valence-corrected chi connectivity index (χ3v) is 5.87. The van der Waals surface area contributed by atoms with Crippen molar-refractivity contribution in [3.05, 3.63) is 47.5 Å². The van der Waals surface area contributed by atoms with Crippen molar-refractivity contribution in [3.8, 4) is 0 Å². The van der Waals surface area contributed by atoms with Crippen molar-refractivity contribution >= 4 is 21.6 Å². The van der Waals surface area contributed by atoms with Crippen LogP contribution in [0.25, 0.3) is 0 Å². The second-order valence-electron chi connectivity index (χ2n) is 6.42. The summed E-state index contributed by atoms with van der Waals surface area (Å²) in [6, 6.07) is 9.52. The molecule has 150 valence electrons. The van der Waals surface area contributed by atoms with Crippen molar-refractivity contribution in [2.75, 3.05) is 12.4 Å². The van der Waals surface area contributed by atoms with Gasteiger partial charge in [-0.05, 0) is 38.8 Å². The summed E-state index contributed by atoms with van der Waals surface area (Å²) in [4.78, 5) is 23.1. The molecule has 0 unspecified atom stereocenters. The van der Waals surface area contributed by atoms with Crippen LogP contribution in [0.2, 0.25) is 0 Å². The van der Waals surface area contributed by atoms with Gasteiger partial charge >= 0.3 is 5.97 Å². The summed E-state index contributed by atoms with van der Waals surface area (Å²) in [5.74, 6) is -1.49. The fraction of sp³-hybridized carbons (Fsp3) is 0.500. The van der Waals surface area contributed by atoms with Gasteiger partial charge in [-0.15, -0.1) is 0 Å². The second-order valence-corrected chi connectivity index (χ2v) is 8.78. The number of esters is 1. The molecule has 0 bridgehead atoms. The molecule has 0 N–H and O–H groups in total. The monoisotopic (exact) mass is 396 g/mol. The highest BCUT2D eigenvalue weighted by Gasteiger charge is 2.25. The molecule has 0 spiro atoms. The third-order valence-electron chi connectivity index (χ3n) is 3.96. The van der Waals surface area contributed by atoms with Crippen molar-refractivity contribution in [3.63, 3.8) is 0 Å². The Hall–Kier alpha value is -1.99. The lowest BCUT2D eigenvalue weighted by Gasteiger charge is -2.19. The van der Waals surface area contributed by atoms with Crippen molar-refractivity contribution in [1.82, 2.24) is 0 Å². The van der Waals surface area contributed by atoms with Gasteiger partial charge in [0, 0.05) is 6.42 Å². The van der Waals surface area contributed by atoms with Crippen LogP contribution in [0, 0.1) is 0 Å². The first-order valence-corrected chi connectivity index (χ1v) is 10.6. The summed E-state index contributed by atoms with van der Waals surface area (Å²) in [6.07, 6.45) is 1.16. The zero-order valence-corrected chi connectivity index (χ0v) is 17.1. The summed E-state index contributed by atoms with van der Waals surface area (Å²) in [5, 5.41) is -0.892. The number of hydrogen-bond donors (Lipinski definition) is 0. The number of ether oxygens (including phenoxy) is 2. The average Bonchev–Trinajstić information content (AvgIpc) is 2.58. The smallest absolute Gasteiger partial charge is 0.321 e. The number of carbonyl (C=O) groups excluding carboxylic acids is 2. The van der Waals surface area contributed by atoms with E-state index in [1.807, 2.05) is 30.3 Å². The molecule has 1 aromatic carbocycles. The minimum absolute atomic E-state index is 0.0529. The average molecular weight is 397 g/mol. The molecule has 0 aromatic heterocycles. The highest BCUT2D eigenvalue weighted by molar-refractivity contribution is 7.92. The molecule has 7 heteroatoms. The Morgan fingerprint density at radius 3 is 2.33 bits per heavy atom. The molecule has 0 aliphatic rings. The minimum Gasteiger partial charge on any atom is -0.465 e. The van der Waals surface area contributed by atoms with E-state index in [-0.39, 0.29) is 18.8 Å². The van der Waals surface area contributed by atoms with Crippen molar-refractivity contribution in [1.29, 1.82) is 0 Å². The molecule has 2 atom stereocenters. The van der Waals surface area contributed by atoms with Crippen LogP contribution in [0.4, 0.5) is 0 Å². The number of hydrogen-bond acceptors (Lipinski definition) is 6. The first kappa shape index (κ1) is 23.0. The van der Waals surface area contributed by atoms with Crippen LogP contribution in [0.5, 0.6) is 0 Å². The van der Waals surface area contributed by atoms with E-state index < -0.39 is 32.9 Å². The molecule has 0 aliphatic heterocycles. The van der Waals surface area contributed by atoms with E-state index in [1.54, 1.807) is 13.8 Å². The number of sulfone groups is 1. The molecule has 0 saturated carbocycles. The summed E-state index contributed by atoms with van der Waals surface area (Å²) in [7, 11) is -3.70. The number of benzene rings is 1. The van der Waals surface area contributed by atoms with E-state index in [2.05, 4.69) is 0 Å². The Labute approximate surface area is 161 Å². The van der Waals surface area contributed by atoms with Gasteiger partial charge in [0.15, 0.2) is 9.84 Å². The molecular weight excluding hydrogens is 368 g/mol. The van der Waals surface area contributed by atoms with E-state index in [1.165, 1.54) is 19.9 Å². The van der Waals surface area contributed by atoms with Gasteiger partial charge in [-0.1, -0.05) is 36.4 Å². The topological polar surface area (TPSA) is 86.7 Å². The lowest BCUT2D eigenvalue weighted by atomic mass is 10.0. The summed E-state index contributed by atoms with van der Waals surface area (Å²) in [5.41, 5.74) is 1.60. The quantitative estimate of drug-likeness (QED) is 0.422. The minimum atomic E-state index is -3.70. The van der Waals surface area contributed by atoms with Crippen LogP contribution in [0.3, 0.4) is 0 Å². The summed E-state index contributed by atoms with van der Waals surface area (Å²) in [6.45, 7) is 6.76. The molecule has 0 heterocycles. The molecule has 27 heavy (non-hydrogen) atoms. The van der Waals surface area contributed by atoms with Crippen LogP contribution in [-0.4, -0.2) is 43.9 Å². The predicted octanol–water partition coefficient (Wildman–Crippen LogP) is 2.86. The van der Waals surface area contributed by atoms with Gasteiger partial charge in [0.25, 0.3) is 0 Å². The summed E-state index contributed by atoms with van der Waals surface area (Å²) >= 11 is 0. The molecular formula is C20H28O6S. The van der Waals surface area contributed by atoms with E-state index in [4.69, 9.17) is 9.47 Å². The number of rotatable bonds is 11. The largest absolute Gasteiger partial charge is 0.465 e. The normalized spacial score (nSPS) is 14.4. The van der Waals surface area contributed by atoms with Gasteiger partial charge in [0.1, 0.15) is 11.5 Å². The molecule has 1 rings (SSSR count). The molecule has 0 fully saturated rings. The van der Waals surface area contributed by atoms with Crippen LogP contribution >= 0.6 is 0 Å². The van der Waals surface area contributed by atoms with E-state index in [9.17, 15) is 18.0 Å². The van der Waals surface area contributed by atoms with E-state index >= 15 is 0 Å². The highest BCUT2D eigenvalue weighted by Crippen LogP contribution is 2.17. The molecule has 0 aliphatic carbocycles. The van der Waals surface area contributed by atoms with Crippen LogP contribution in [0.15, 0.2) is 42.0 Å². The molecule has 6 nitrogen and oxygen atoms in total. The van der Waals surface area contributed by atoms with E-state index in [0.717, 1.165) is 5.56 Å². The van der Waals surface area contributed by atoms with Gasteiger partial charge in [0.05, 0.1) is 24.6 Å². The van der Waals surface area contributed by atoms with Gasteiger partial charge in [-0.25, -0.2) is 8.42 Å². The number of carbonyl (C=O) groups is 2. The van der Waals surface area contributed by atoms with Gasteiger partial charge in [-0.2, -0.15) is 0 Å². The Kier molecular flexibility index (Phi) is 9.38. The van der Waals surface area contributed by atoms with Crippen LogP contribution < -0.4 is 0 Å². The standard InChI is InChI=1S/C20H28O6S/c1-5-25-20(22)14-27(23,24)17(4)11-15(2)19(12-16(3)21)26-13-18-9-7-6-8-10-18/h6-11,17,19H,5,12-14H2,1-4H3/b15-11-/t17-,19+/m1/s1. The third kappa shape index (κ3) is 8.49. The van der Waals surface area contributed by atoms with Crippen molar-refractivity contribution in [2.24, 2.45) is 0 Å². The Balaban J connectivity index is 2.87. The fourth-order valence-electron chi connectivity index (χ4n) is 2.46. The van der Waals surface area contributed by atoms with E-state index in [0.29, 0.717) is 12.2 Å². The predicted molar refractivity (Wildman–Crippen MR) is 104 cm³/mol. The maximum absolute atomic E-state index is 12.3. The van der Waals surface area contributed by atoms with Gasteiger partial charge < -0.3 is 9.47 Å². The fourth-order valence-corrected chi connectivity index (χ4v) is 3.56. The maximum atomic E-state index is 12.3. The number of Topliss-reactive ketones (excluding diaryl/α,β-unsaturated/α-hetero) is 1. The zero-order valence-electron chi connectivity index (χ0n) is 16.3. The number of ketones is 1. The first-order chi connectivity index (χ1) is 12.7. The lowest BCUT2D eigenvalue weighted by molar-refractivity contribution is -0.140. The van der Waals surface area contributed by atoms with Crippen molar-refractivity contribution in [2.45, 2.75) is 52.1 Å². The van der Waals surface area contributed by atoms with Crippen molar-refractivity contribution < 1.29 is 27.5 Å². The molecule has 1 aromatic rings. The Bertz CT molecular complexity index is 752. The second kappa shape index (κ2) is 11.0. The SMILES string of the molecule is CCOC(=O)CS(=O)(=O)[C@H](C)/C=C(/C)[C@H](CC(C)=O)OCc1ccccc1. The molecule has 0 radical (unpaired) electrons. The maximum Gasteiger partial charge on any atom is 0.321 e.